The molecule has 0 unspecified atom stereocenters. The average molecular weight is 292 g/mol. The number of rotatable bonds is 1. The van der Waals surface area contributed by atoms with Crippen LogP contribution >= 0.6 is 0 Å². The zero-order chi connectivity index (χ0) is 15.5. The number of nitrogens with zero attached hydrogens (tertiary/aromatic N) is 2. The van der Waals surface area contributed by atoms with Gasteiger partial charge < -0.3 is 5.11 Å². The Morgan fingerprint density at radius 3 is 2.38 bits per heavy atom. The van der Waals surface area contributed by atoms with Crippen molar-refractivity contribution in [3.63, 3.8) is 0 Å². The summed E-state index contributed by atoms with van der Waals surface area (Å²) in [6.45, 7) is 0. The fraction of sp³-hybridized carbons (Fsp3) is 0.0714. The number of halogens is 3. The van der Waals surface area contributed by atoms with E-state index < -0.39 is 17.7 Å². The average Bonchev–Trinajstić information content (AvgIpc) is 2.45. The Hall–Kier alpha value is -2.88. The van der Waals surface area contributed by atoms with Crippen molar-refractivity contribution in [1.82, 2.24) is 10.2 Å². The van der Waals surface area contributed by atoms with Crippen LogP contribution < -0.4 is 0 Å². The SMILES string of the molecule is O=C(O)C#Cc1ccc(-c2ccccc2C(F)(F)F)nn1. The van der Waals surface area contributed by atoms with E-state index in [9.17, 15) is 18.0 Å². The maximum atomic E-state index is 12.9. The summed E-state index contributed by atoms with van der Waals surface area (Å²) in [6.07, 6.45) is -4.50. The first-order valence-electron chi connectivity index (χ1n) is 5.63. The van der Waals surface area contributed by atoms with Crippen LogP contribution in [0.15, 0.2) is 36.4 Å². The molecule has 0 spiro atoms. The molecule has 21 heavy (non-hydrogen) atoms. The first-order valence-corrected chi connectivity index (χ1v) is 5.63. The molecule has 0 aliphatic rings. The third kappa shape index (κ3) is 3.57. The lowest BCUT2D eigenvalue weighted by atomic mass is 10.0. The number of carboxylic acid groups (broad SMARTS) is 1. The minimum atomic E-state index is -4.50. The number of alkyl halides is 3. The molecule has 0 radical (unpaired) electrons. The van der Waals surface area contributed by atoms with E-state index in [0.29, 0.717) is 0 Å². The van der Waals surface area contributed by atoms with Gasteiger partial charge >= 0.3 is 12.1 Å². The molecule has 1 heterocycles. The van der Waals surface area contributed by atoms with Gasteiger partial charge in [0.2, 0.25) is 0 Å². The lowest BCUT2D eigenvalue weighted by Crippen LogP contribution is -2.07. The van der Waals surface area contributed by atoms with Crippen LogP contribution in [0, 0.1) is 11.8 Å². The third-order valence-electron chi connectivity index (χ3n) is 2.47. The largest absolute Gasteiger partial charge is 0.472 e. The van der Waals surface area contributed by atoms with Crippen molar-refractivity contribution >= 4 is 5.97 Å². The van der Waals surface area contributed by atoms with Gasteiger partial charge in [0.15, 0.2) is 0 Å². The van der Waals surface area contributed by atoms with Crippen molar-refractivity contribution in [2.45, 2.75) is 6.18 Å². The molecule has 0 amide bonds. The quantitative estimate of drug-likeness (QED) is 0.821. The Kier molecular flexibility index (Phi) is 3.89. The molecule has 106 valence electrons. The van der Waals surface area contributed by atoms with Gasteiger partial charge in [-0.05, 0) is 24.1 Å². The molecule has 0 bridgehead atoms. The molecule has 0 atom stereocenters. The predicted octanol–water partition coefficient (Wildman–Crippen LogP) is 2.60. The van der Waals surface area contributed by atoms with Crippen LogP contribution in [-0.2, 0) is 11.0 Å². The first-order chi connectivity index (χ1) is 9.88. The summed E-state index contributed by atoms with van der Waals surface area (Å²) in [5, 5.41) is 15.6. The van der Waals surface area contributed by atoms with Crippen LogP contribution in [0.2, 0.25) is 0 Å². The van der Waals surface area contributed by atoms with Gasteiger partial charge in [-0.2, -0.15) is 13.2 Å². The molecule has 4 nitrogen and oxygen atoms in total. The van der Waals surface area contributed by atoms with E-state index in [1.54, 1.807) is 0 Å². The van der Waals surface area contributed by atoms with Gasteiger partial charge in [-0.3, -0.25) is 0 Å². The van der Waals surface area contributed by atoms with E-state index in [4.69, 9.17) is 5.11 Å². The number of aromatic nitrogens is 2. The number of carboxylic acids is 1. The van der Waals surface area contributed by atoms with Crippen molar-refractivity contribution in [2.24, 2.45) is 0 Å². The molecule has 7 heteroatoms. The molecule has 1 aromatic carbocycles. The Morgan fingerprint density at radius 2 is 1.81 bits per heavy atom. The van der Waals surface area contributed by atoms with Crippen molar-refractivity contribution < 1.29 is 23.1 Å². The zero-order valence-corrected chi connectivity index (χ0v) is 10.3. The number of hydrogen-bond donors (Lipinski definition) is 1. The van der Waals surface area contributed by atoms with Crippen LogP contribution in [0.1, 0.15) is 11.3 Å². The first kappa shape index (κ1) is 14.5. The van der Waals surface area contributed by atoms with E-state index >= 15 is 0 Å². The second-order valence-electron chi connectivity index (χ2n) is 3.90. The normalized spacial score (nSPS) is 10.6. The summed E-state index contributed by atoms with van der Waals surface area (Å²) < 4.78 is 38.7. The van der Waals surface area contributed by atoms with Crippen molar-refractivity contribution in [1.29, 1.82) is 0 Å². The molecule has 1 aromatic heterocycles. The minimum absolute atomic E-state index is 0.0313. The van der Waals surface area contributed by atoms with Gasteiger partial charge in [-0.15, -0.1) is 10.2 Å². The van der Waals surface area contributed by atoms with Gasteiger partial charge in [0.05, 0.1) is 11.3 Å². The summed E-state index contributed by atoms with van der Waals surface area (Å²) in [5.41, 5.74) is -0.826. The van der Waals surface area contributed by atoms with E-state index in [-0.39, 0.29) is 17.0 Å². The third-order valence-corrected chi connectivity index (χ3v) is 2.47. The van der Waals surface area contributed by atoms with Gasteiger partial charge in [0.1, 0.15) is 5.69 Å². The molecule has 2 aromatic rings. The summed E-state index contributed by atoms with van der Waals surface area (Å²) in [4.78, 5) is 10.3. The van der Waals surface area contributed by atoms with E-state index in [0.717, 1.165) is 6.07 Å². The van der Waals surface area contributed by atoms with Gasteiger partial charge in [0, 0.05) is 11.5 Å². The summed E-state index contributed by atoms with van der Waals surface area (Å²) in [6, 6.07) is 7.61. The molecule has 0 saturated carbocycles. The molecule has 0 aliphatic carbocycles. The number of benzene rings is 1. The maximum absolute atomic E-state index is 12.9. The maximum Gasteiger partial charge on any atom is 0.417 e. The van der Waals surface area contributed by atoms with Gasteiger partial charge in [-0.1, -0.05) is 18.2 Å². The fourth-order valence-corrected chi connectivity index (χ4v) is 1.61. The van der Waals surface area contributed by atoms with Crippen LogP contribution in [0.5, 0.6) is 0 Å². The second-order valence-corrected chi connectivity index (χ2v) is 3.90. The molecule has 1 N–H and O–H groups in total. The Morgan fingerprint density at radius 1 is 1.10 bits per heavy atom. The van der Waals surface area contributed by atoms with Crippen LogP contribution in [0.4, 0.5) is 13.2 Å². The van der Waals surface area contributed by atoms with E-state index in [1.165, 1.54) is 30.3 Å². The highest BCUT2D eigenvalue weighted by atomic mass is 19.4. The molecular weight excluding hydrogens is 285 g/mol. The lowest BCUT2D eigenvalue weighted by Gasteiger charge is -2.11. The minimum Gasteiger partial charge on any atom is -0.472 e. The topological polar surface area (TPSA) is 63.1 Å². The number of hydrogen-bond acceptors (Lipinski definition) is 3. The molecular formula is C14H7F3N2O2. The summed E-state index contributed by atoms with van der Waals surface area (Å²) in [5.74, 6) is 2.73. The van der Waals surface area contributed by atoms with Gasteiger partial charge in [0.25, 0.3) is 0 Å². The van der Waals surface area contributed by atoms with Crippen LogP contribution in [0.25, 0.3) is 11.3 Å². The Bertz CT molecular complexity index is 728. The fourth-order valence-electron chi connectivity index (χ4n) is 1.61. The highest BCUT2D eigenvalue weighted by Crippen LogP contribution is 2.35. The highest BCUT2D eigenvalue weighted by Gasteiger charge is 2.33. The van der Waals surface area contributed by atoms with Crippen LogP contribution in [-0.4, -0.2) is 21.3 Å². The lowest BCUT2D eigenvalue weighted by molar-refractivity contribution is -0.137. The van der Waals surface area contributed by atoms with Gasteiger partial charge in [-0.25, -0.2) is 4.79 Å². The zero-order valence-electron chi connectivity index (χ0n) is 10.3. The van der Waals surface area contributed by atoms with Crippen molar-refractivity contribution in [3.8, 4) is 23.1 Å². The summed E-state index contributed by atoms with van der Waals surface area (Å²) in [7, 11) is 0. The number of aliphatic carboxylic acids is 1. The van der Waals surface area contributed by atoms with Crippen molar-refractivity contribution in [2.75, 3.05) is 0 Å². The van der Waals surface area contributed by atoms with E-state index in [1.807, 2.05) is 5.92 Å². The molecule has 0 fully saturated rings. The Labute approximate surface area is 117 Å². The predicted molar refractivity (Wildman–Crippen MR) is 67.0 cm³/mol. The smallest absolute Gasteiger partial charge is 0.417 e. The molecule has 2 rings (SSSR count). The van der Waals surface area contributed by atoms with Crippen molar-refractivity contribution in [3.05, 3.63) is 47.7 Å². The molecule has 0 aliphatic heterocycles. The highest BCUT2D eigenvalue weighted by molar-refractivity contribution is 5.87. The monoisotopic (exact) mass is 292 g/mol. The van der Waals surface area contributed by atoms with E-state index in [2.05, 4.69) is 16.1 Å². The second kappa shape index (κ2) is 5.63. The molecule has 0 saturated heterocycles. The standard InChI is InChI=1S/C14H7F3N2O2/c15-14(16,17)11-4-2-1-3-10(11)12-7-5-9(18-19-12)6-8-13(20)21/h1-5,7H,(H,20,21). The number of carbonyl (C=O) groups is 1. The summed E-state index contributed by atoms with van der Waals surface area (Å²) >= 11 is 0. The Balaban J connectivity index is 2.41. The van der Waals surface area contributed by atoms with Crippen LogP contribution in [0.3, 0.4) is 0 Å².